The van der Waals surface area contributed by atoms with Crippen LogP contribution in [0.2, 0.25) is 0 Å². The molecule has 0 saturated heterocycles. The Morgan fingerprint density at radius 3 is 2.42 bits per heavy atom. The van der Waals surface area contributed by atoms with Crippen molar-refractivity contribution in [2.75, 3.05) is 0 Å². The van der Waals surface area contributed by atoms with Gasteiger partial charge in [0, 0.05) is 11.6 Å². The van der Waals surface area contributed by atoms with Gasteiger partial charge >= 0.3 is 0 Å². The Hall–Kier alpha value is -2.60. The SMILES string of the molecule is Cc1ccccc1-c1nnc(S[C@@H](C(=O)NC(C)C)c2ccccc2)o1. The number of amides is 1. The number of carbonyl (C=O) groups is 1. The third-order valence-corrected chi connectivity index (χ3v) is 4.86. The van der Waals surface area contributed by atoms with Crippen LogP contribution in [0.1, 0.15) is 30.2 Å². The van der Waals surface area contributed by atoms with E-state index in [0.717, 1.165) is 16.7 Å². The maximum atomic E-state index is 12.7. The molecule has 0 aliphatic rings. The molecule has 3 aromatic rings. The smallest absolute Gasteiger partial charge is 0.277 e. The Morgan fingerprint density at radius 2 is 1.73 bits per heavy atom. The highest BCUT2D eigenvalue weighted by molar-refractivity contribution is 8.00. The van der Waals surface area contributed by atoms with Gasteiger partial charge in [0.05, 0.1) is 0 Å². The summed E-state index contributed by atoms with van der Waals surface area (Å²) in [5, 5.41) is 11.1. The fraction of sp³-hybridized carbons (Fsp3) is 0.250. The molecule has 1 heterocycles. The molecule has 0 unspecified atom stereocenters. The number of carbonyl (C=O) groups excluding carboxylic acids is 1. The highest BCUT2D eigenvalue weighted by atomic mass is 32.2. The van der Waals surface area contributed by atoms with Crippen molar-refractivity contribution < 1.29 is 9.21 Å². The van der Waals surface area contributed by atoms with E-state index in [0.29, 0.717) is 11.1 Å². The van der Waals surface area contributed by atoms with Gasteiger partial charge in [-0.1, -0.05) is 48.5 Å². The van der Waals surface area contributed by atoms with Crippen LogP contribution >= 0.6 is 11.8 Å². The third kappa shape index (κ3) is 4.32. The van der Waals surface area contributed by atoms with Crippen LogP contribution in [-0.2, 0) is 4.79 Å². The summed E-state index contributed by atoms with van der Waals surface area (Å²) in [6.45, 7) is 5.87. The van der Waals surface area contributed by atoms with Gasteiger partial charge in [-0.15, -0.1) is 10.2 Å². The molecule has 134 valence electrons. The molecule has 0 saturated carbocycles. The summed E-state index contributed by atoms with van der Waals surface area (Å²) < 4.78 is 5.82. The lowest BCUT2D eigenvalue weighted by molar-refractivity contribution is -0.121. The van der Waals surface area contributed by atoms with Crippen molar-refractivity contribution in [2.45, 2.75) is 37.3 Å². The molecule has 0 fully saturated rings. The molecule has 1 atom stereocenters. The molecule has 1 amide bonds. The Kier molecular flexibility index (Phi) is 5.73. The zero-order valence-corrected chi connectivity index (χ0v) is 15.8. The standard InChI is InChI=1S/C20H21N3O2S/c1-13(2)21-18(24)17(15-10-5-4-6-11-15)26-20-23-22-19(25-20)16-12-8-7-9-14(16)3/h4-13,17H,1-3H3,(H,21,24)/t17-/m1/s1. The van der Waals surface area contributed by atoms with Gasteiger partial charge in [0.15, 0.2) is 0 Å². The van der Waals surface area contributed by atoms with Crippen molar-refractivity contribution in [3.63, 3.8) is 0 Å². The summed E-state index contributed by atoms with van der Waals surface area (Å²) in [5.41, 5.74) is 2.85. The number of aryl methyl sites for hydroxylation is 1. The molecule has 2 aromatic carbocycles. The Morgan fingerprint density at radius 1 is 1.04 bits per heavy atom. The van der Waals surface area contributed by atoms with Crippen LogP contribution < -0.4 is 5.32 Å². The van der Waals surface area contributed by atoms with Gasteiger partial charge < -0.3 is 9.73 Å². The first-order chi connectivity index (χ1) is 12.5. The normalized spacial score (nSPS) is 12.2. The van der Waals surface area contributed by atoms with E-state index in [4.69, 9.17) is 4.42 Å². The Bertz CT molecular complexity index is 878. The number of thioether (sulfide) groups is 1. The van der Waals surface area contributed by atoms with Crippen LogP contribution in [-0.4, -0.2) is 22.1 Å². The molecule has 5 nitrogen and oxygen atoms in total. The number of hydrogen-bond acceptors (Lipinski definition) is 5. The summed E-state index contributed by atoms with van der Waals surface area (Å²) in [7, 11) is 0. The summed E-state index contributed by atoms with van der Waals surface area (Å²) in [4.78, 5) is 12.7. The van der Waals surface area contributed by atoms with Gasteiger partial charge in [-0.05, 0) is 49.7 Å². The molecule has 0 radical (unpaired) electrons. The number of aromatic nitrogens is 2. The highest BCUT2D eigenvalue weighted by Crippen LogP contribution is 2.36. The van der Waals surface area contributed by atoms with Gasteiger partial charge in [0.25, 0.3) is 5.22 Å². The van der Waals surface area contributed by atoms with E-state index in [2.05, 4.69) is 15.5 Å². The fourth-order valence-corrected chi connectivity index (χ4v) is 3.43. The van der Waals surface area contributed by atoms with Crippen LogP contribution in [0.3, 0.4) is 0 Å². The lowest BCUT2D eigenvalue weighted by Crippen LogP contribution is -2.33. The minimum atomic E-state index is -0.455. The monoisotopic (exact) mass is 367 g/mol. The van der Waals surface area contributed by atoms with Gasteiger partial charge in [0.2, 0.25) is 11.8 Å². The van der Waals surface area contributed by atoms with Gasteiger partial charge in [-0.25, -0.2) is 0 Å². The maximum Gasteiger partial charge on any atom is 0.277 e. The van der Waals surface area contributed by atoms with Gasteiger partial charge in [-0.3, -0.25) is 4.79 Å². The van der Waals surface area contributed by atoms with E-state index in [9.17, 15) is 4.79 Å². The number of rotatable bonds is 6. The van der Waals surface area contributed by atoms with Crippen molar-refractivity contribution in [3.8, 4) is 11.5 Å². The molecule has 1 N–H and O–H groups in total. The molecule has 3 rings (SSSR count). The quantitative estimate of drug-likeness (QED) is 0.654. The lowest BCUT2D eigenvalue weighted by Gasteiger charge is -2.16. The number of nitrogens with zero attached hydrogens (tertiary/aromatic N) is 2. The van der Waals surface area contributed by atoms with Gasteiger partial charge in [0.1, 0.15) is 5.25 Å². The lowest BCUT2D eigenvalue weighted by atomic mass is 10.1. The Labute approximate surface area is 157 Å². The summed E-state index contributed by atoms with van der Waals surface area (Å²) in [6, 6.07) is 17.5. The van der Waals surface area contributed by atoms with E-state index in [1.807, 2.05) is 75.4 Å². The molecular formula is C20H21N3O2S. The topological polar surface area (TPSA) is 68.0 Å². The first-order valence-electron chi connectivity index (χ1n) is 8.46. The highest BCUT2D eigenvalue weighted by Gasteiger charge is 2.25. The first kappa shape index (κ1) is 18.2. The number of nitrogens with one attached hydrogen (secondary N) is 1. The minimum Gasteiger partial charge on any atom is -0.411 e. The second-order valence-electron chi connectivity index (χ2n) is 6.26. The molecule has 6 heteroatoms. The van der Waals surface area contributed by atoms with E-state index in [-0.39, 0.29) is 11.9 Å². The fourth-order valence-electron chi connectivity index (χ4n) is 2.54. The second kappa shape index (κ2) is 8.19. The number of hydrogen-bond donors (Lipinski definition) is 1. The van der Waals surface area contributed by atoms with E-state index in [1.54, 1.807) is 0 Å². The van der Waals surface area contributed by atoms with Crippen molar-refractivity contribution in [2.24, 2.45) is 0 Å². The van der Waals surface area contributed by atoms with E-state index >= 15 is 0 Å². The van der Waals surface area contributed by atoms with E-state index < -0.39 is 5.25 Å². The average molecular weight is 367 g/mol. The molecule has 26 heavy (non-hydrogen) atoms. The predicted octanol–water partition coefficient (Wildman–Crippen LogP) is 4.40. The minimum absolute atomic E-state index is 0.0551. The maximum absolute atomic E-state index is 12.7. The Balaban J connectivity index is 1.86. The molecular weight excluding hydrogens is 346 g/mol. The largest absolute Gasteiger partial charge is 0.411 e. The molecule has 0 bridgehead atoms. The van der Waals surface area contributed by atoms with Crippen LogP contribution in [0.5, 0.6) is 0 Å². The van der Waals surface area contributed by atoms with Crippen LogP contribution in [0.25, 0.3) is 11.5 Å². The second-order valence-corrected chi connectivity index (χ2v) is 7.32. The van der Waals surface area contributed by atoms with Crippen molar-refractivity contribution in [1.29, 1.82) is 0 Å². The average Bonchev–Trinajstić information content (AvgIpc) is 3.08. The zero-order chi connectivity index (χ0) is 18.5. The third-order valence-electron chi connectivity index (χ3n) is 3.77. The van der Waals surface area contributed by atoms with Crippen molar-refractivity contribution in [3.05, 3.63) is 65.7 Å². The summed E-state index contributed by atoms with van der Waals surface area (Å²) in [6.07, 6.45) is 0. The predicted molar refractivity (Wildman–Crippen MR) is 103 cm³/mol. The molecule has 1 aromatic heterocycles. The van der Waals surface area contributed by atoms with Crippen LogP contribution in [0, 0.1) is 6.92 Å². The van der Waals surface area contributed by atoms with E-state index in [1.165, 1.54) is 11.8 Å². The van der Waals surface area contributed by atoms with Crippen LogP contribution in [0.4, 0.5) is 0 Å². The molecule has 0 aliphatic carbocycles. The van der Waals surface area contributed by atoms with Gasteiger partial charge in [-0.2, -0.15) is 0 Å². The summed E-state index contributed by atoms with van der Waals surface area (Å²) in [5.74, 6) is 0.383. The number of benzene rings is 2. The molecule has 0 spiro atoms. The van der Waals surface area contributed by atoms with Crippen LogP contribution in [0.15, 0.2) is 64.2 Å². The zero-order valence-electron chi connectivity index (χ0n) is 15.0. The summed E-state index contributed by atoms with van der Waals surface area (Å²) >= 11 is 1.26. The van der Waals surface area contributed by atoms with Crippen molar-refractivity contribution in [1.82, 2.24) is 15.5 Å². The molecule has 0 aliphatic heterocycles. The first-order valence-corrected chi connectivity index (χ1v) is 9.34. The van der Waals surface area contributed by atoms with Crippen molar-refractivity contribution >= 4 is 17.7 Å².